The number of halogens is 1. The van der Waals surface area contributed by atoms with Gasteiger partial charge in [-0.2, -0.15) is 0 Å². The topological polar surface area (TPSA) is 58.9 Å². The molecule has 0 radical (unpaired) electrons. The van der Waals surface area contributed by atoms with Crippen molar-refractivity contribution in [2.45, 2.75) is 18.5 Å². The smallest absolute Gasteiger partial charge is 0.183 e. The average Bonchev–Trinajstić information content (AvgIpc) is 2.31. The molecule has 1 aromatic carbocycles. The third-order valence-corrected chi connectivity index (χ3v) is 3.22. The standard InChI is InChI=1S/C11H13IO4/c12-8-3-1-7(2-4-8)10-6-15-11(14)9(5-13)16-10/h1-4,9-11,13-14H,5-6H2/t9-,10+,11+/m0/s1. The van der Waals surface area contributed by atoms with E-state index in [4.69, 9.17) is 14.6 Å². The van der Waals surface area contributed by atoms with E-state index in [2.05, 4.69) is 22.6 Å². The Morgan fingerprint density at radius 3 is 2.62 bits per heavy atom. The predicted octanol–water partition coefficient (Wildman–Crippen LogP) is 1.06. The Labute approximate surface area is 107 Å². The van der Waals surface area contributed by atoms with E-state index in [-0.39, 0.29) is 12.7 Å². The van der Waals surface area contributed by atoms with Crippen molar-refractivity contribution in [1.29, 1.82) is 0 Å². The molecule has 0 aromatic heterocycles. The zero-order valence-electron chi connectivity index (χ0n) is 8.54. The minimum Gasteiger partial charge on any atom is -0.393 e. The number of aliphatic hydroxyl groups is 2. The highest BCUT2D eigenvalue weighted by molar-refractivity contribution is 14.1. The van der Waals surface area contributed by atoms with E-state index >= 15 is 0 Å². The minimum atomic E-state index is -1.04. The van der Waals surface area contributed by atoms with Crippen LogP contribution in [-0.4, -0.2) is 35.8 Å². The summed E-state index contributed by atoms with van der Waals surface area (Å²) in [7, 11) is 0. The molecule has 0 unspecified atom stereocenters. The van der Waals surface area contributed by atoms with Crippen molar-refractivity contribution >= 4 is 22.6 Å². The second kappa shape index (κ2) is 5.42. The lowest BCUT2D eigenvalue weighted by molar-refractivity contribution is -0.261. The molecular weight excluding hydrogens is 323 g/mol. The maximum absolute atomic E-state index is 9.37. The van der Waals surface area contributed by atoms with E-state index in [0.29, 0.717) is 6.61 Å². The van der Waals surface area contributed by atoms with Crippen molar-refractivity contribution < 1.29 is 19.7 Å². The van der Waals surface area contributed by atoms with E-state index in [1.54, 1.807) is 0 Å². The van der Waals surface area contributed by atoms with Gasteiger partial charge >= 0.3 is 0 Å². The SMILES string of the molecule is OC[C@@H]1O[C@@H](c2ccc(I)cc2)CO[C@H]1O. The fourth-order valence-electron chi connectivity index (χ4n) is 1.60. The Bertz CT molecular complexity index is 340. The number of benzene rings is 1. The number of rotatable bonds is 2. The predicted molar refractivity (Wildman–Crippen MR) is 65.8 cm³/mol. The zero-order chi connectivity index (χ0) is 11.5. The first-order valence-corrected chi connectivity index (χ1v) is 6.10. The van der Waals surface area contributed by atoms with Gasteiger partial charge in [-0.05, 0) is 40.3 Å². The number of aliphatic hydroxyl groups excluding tert-OH is 2. The summed E-state index contributed by atoms with van der Waals surface area (Å²) < 4.78 is 11.8. The Morgan fingerprint density at radius 1 is 1.31 bits per heavy atom. The second-order valence-corrected chi connectivity index (χ2v) is 4.87. The van der Waals surface area contributed by atoms with Gasteiger partial charge < -0.3 is 19.7 Å². The lowest BCUT2D eigenvalue weighted by atomic mass is 10.1. The summed E-state index contributed by atoms with van der Waals surface area (Å²) in [6, 6.07) is 7.89. The highest BCUT2D eigenvalue weighted by Gasteiger charge is 2.30. The van der Waals surface area contributed by atoms with Crippen molar-refractivity contribution in [1.82, 2.24) is 0 Å². The van der Waals surface area contributed by atoms with Gasteiger partial charge in [-0.15, -0.1) is 0 Å². The van der Waals surface area contributed by atoms with Crippen LogP contribution in [0.25, 0.3) is 0 Å². The van der Waals surface area contributed by atoms with Crippen LogP contribution in [0.1, 0.15) is 11.7 Å². The van der Waals surface area contributed by atoms with Gasteiger partial charge in [0.25, 0.3) is 0 Å². The molecule has 0 bridgehead atoms. The molecule has 2 rings (SSSR count). The molecule has 4 nitrogen and oxygen atoms in total. The molecule has 1 aliphatic rings. The maximum atomic E-state index is 9.37. The fraction of sp³-hybridized carbons (Fsp3) is 0.455. The molecule has 5 heteroatoms. The van der Waals surface area contributed by atoms with Gasteiger partial charge in [-0.1, -0.05) is 12.1 Å². The summed E-state index contributed by atoms with van der Waals surface area (Å²) in [6.45, 7) is 0.0558. The van der Waals surface area contributed by atoms with Crippen LogP contribution in [0.5, 0.6) is 0 Å². The van der Waals surface area contributed by atoms with Crippen LogP contribution in [0.3, 0.4) is 0 Å². The second-order valence-electron chi connectivity index (χ2n) is 3.62. The van der Waals surface area contributed by atoms with E-state index < -0.39 is 12.4 Å². The Balaban J connectivity index is 2.08. The molecule has 1 aliphatic heterocycles. The molecule has 0 spiro atoms. The number of ether oxygens (including phenoxy) is 2. The third-order valence-electron chi connectivity index (χ3n) is 2.50. The summed E-state index contributed by atoms with van der Waals surface area (Å²) in [5.41, 5.74) is 0.991. The molecule has 3 atom stereocenters. The first-order chi connectivity index (χ1) is 7.70. The Morgan fingerprint density at radius 2 is 2.00 bits per heavy atom. The highest BCUT2D eigenvalue weighted by Crippen LogP contribution is 2.26. The molecule has 0 saturated carbocycles. The largest absolute Gasteiger partial charge is 0.393 e. The van der Waals surface area contributed by atoms with Crippen molar-refractivity contribution in [3.8, 4) is 0 Å². The summed E-state index contributed by atoms with van der Waals surface area (Å²) in [4.78, 5) is 0. The summed E-state index contributed by atoms with van der Waals surface area (Å²) >= 11 is 2.23. The Hall–Kier alpha value is -0.210. The van der Waals surface area contributed by atoms with Gasteiger partial charge in [-0.25, -0.2) is 0 Å². The van der Waals surface area contributed by atoms with Crippen LogP contribution in [0, 0.1) is 3.57 Å². The van der Waals surface area contributed by atoms with Crippen LogP contribution in [0.2, 0.25) is 0 Å². The lowest BCUT2D eigenvalue weighted by Gasteiger charge is -2.33. The summed E-state index contributed by atoms with van der Waals surface area (Å²) in [5.74, 6) is 0. The molecule has 1 saturated heterocycles. The van der Waals surface area contributed by atoms with Gasteiger partial charge in [0.15, 0.2) is 6.29 Å². The molecule has 0 aliphatic carbocycles. The van der Waals surface area contributed by atoms with E-state index in [0.717, 1.165) is 9.13 Å². The number of hydrogen-bond donors (Lipinski definition) is 2. The van der Waals surface area contributed by atoms with Crippen LogP contribution >= 0.6 is 22.6 Å². The lowest BCUT2D eigenvalue weighted by Crippen LogP contribution is -2.42. The van der Waals surface area contributed by atoms with Crippen molar-refractivity contribution in [3.63, 3.8) is 0 Å². The molecule has 1 aromatic rings. The zero-order valence-corrected chi connectivity index (χ0v) is 10.7. The number of hydrogen-bond acceptors (Lipinski definition) is 4. The van der Waals surface area contributed by atoms with Crippen LogP contribution in [0.15, 0.2) is 24.3 Å². The fourth-order valence-corrected chi connectivity index (χ4v) is 1.96. The molecule has 1 fully saturated rings. The molecule has 2 N–H and O–H groups in total. The van der Waals surface area contributed by atoms with Crippen LogP contribution < -0.4 is 0 Å². The van der Waals surface area contributed by atoms with Gasteiger partial charge in [0, 0.05) is 3.57 Å². The summed E-state index contributed by atoms with van der Waals surface area (Å²) in [6.07, 6.45) is -1.93. The molecule has 1 heterocycles. The van der Waals surface area contributed by atoms with Crippen LogP contribution in [-0.2, 0) is 9.47 Å². The average molecular weight is 336 g/mol. The van der Waals surface area contributed by atoms with Crippen molar-refractivity contribution in [2.75, 3.05) is 13.2 Å². The third kappa shape index (κ3) is 2.72. The first kappa shape index (κ1) is 12.3. The first-order valence-electron chi connectivity index (χ1n) is 5.02. The minimum absolute atomic E-state index is 0.224. The van der Waals surface area contributed by atoms with Gasteiger partial charge in [0.1, 0.15) is 12.2 Å². The maximum Gasteiger partial charge on any atom is 0.183 e. The normalized spacial score (nSPS) is 30.3. The quantitative estimate of drug-likeness (QED) is 0.793. The van der Waals surface area contributed by atoms with Gasteiger partial charge in [-0.3, -0.25) is 0 Å². The Kier molecular flexibility index (Phi) is 4.15. The highest BCUT2D eigenvalue weighted by atomic mass is 127. The van der Waals surface area contributed by atoms with Crippen molar-refractivity contribution in [3.05, 3.63) is 33.4 Å². The van der Waals surface area contributed by atoms with E-state index in [1.807, 2.05) is 24.3 Å². The molecular formula is C11H13IO4. The summed E-state index contributed by atoms with van der Waals surface area (Å²) in [5, 5.41) is 18.4. The van der Waals surface area contributed by atoms with Gasteiger partial charge in [0.05, 0.1) is 13.2 Å². The monoisotopic (exact) mass is 336 g/mol. The molecule has 88 valence electrons. The van der Waals surface area contributed by atoms with E-state index in [9.17, 15) is 5.11 Å². The van der Waals surface area contributed by atoms with Crippen molar-refractivity contribution in [2.24, 2.45) is 0 Å². The molecule has 0 amide bonds. The van der Waals surface area contributed by atoms with Crippen LogP contribution in [0.4, 0.5) is 0 Å². The van der Waals surface area contributed by atoms with Gasteiger partial charge in [0.2, 0.25) is 0 Å². The van der Waals surface area contributed by atoms with E-state index in [1.165, 1.54) is 0 Å². The molecule has 16 heavy (non-hydrogen) atoms.